The summed E-state index contributed by atoms with van der Waals surface area (Å²) in [6.07, 6.45) is 12.4. The van der Waals surface area contributed by atoms with Gasteiger partial charge in [-0.2, -0.15) is 4.98 Å². The fourth-order valence-corrected chi connectivity index (χ4v) is 7.48. The molecule has 1 N–H and O–H groups in total. The van der Waals surface area contributed by atoms with Gasteiger partial charge in [0, 0.05) is 24.5 Å². The number of benzene rings is 1. The van der Waals surface area contributed by atoms with Crippen molar-refractivity contribution in [1.82, 2.24) is 19.3 Å². The van der Waals surface area contributed by atoms with Crippen LogP contribution in [0.3, 0.4) is 0 Å². The Morgan fingerprint density at radius 3 is 2.51 bits per heavy atom. The maximum absolute atomic E-state index is 13.6. The Bertz CT molecular complexity index is 1550. The van der Waals surface area contributed by atoms with Gasteiger partial charge in [-0.05, 0) is 87.0 Å². The van der Waals surface area contributed by atoms with Crippen LogP contribution < -0.4 is 4.72 Å². The van der Waals surface area contributed by atoms with Gasteiger partial charge in [-0.1, -0.05) is 24.3 Å². The van der Waals surface area contributed by atoms with Crippen LogP contribution >= 0.6 is 0 Å². The molecule has 0 saturated heterocycles. The van der Waals surface area contributed by atoms with Gasteiger partial charge >= 0.3 is 5.82 Å². The minimum atomic E-state index is -3.19. The molecule has 10 heteroatoms. The Labute approximate surface area is 242 Å². The molecule has 2 fully saturated rings. The third kappa shape index (κ3) is 6.64. The van der Waals surface area contributed by atoms with Crippen LogP contribution in [0.2, 0.25) is 0 Å². The molecule has 3 aromatic rings. The largest absolute Gasteiger partial charge is 0.335 e. The first kappa shape index (κ1) is 29.3. The number of nitrogens with zero attached hydrogens (tertiary/aromatic N) is 4. The van der Waals surface area contributed by atoms with Crippen LogP contribution in [0.15, 0.2) is 42.9 Å². The molecule has 0 bridgehead atoms. The van der Waals surface area contributed by atoms with Crippen LogP contribution in [-0.2, 0) is 21.2 Å². The molecule has 218 valence electrons. The molecule has 0 aliphatic heterocycles. The van der Waals surface area contributed by atoms with Gasteiger partial charge in [-0.25, -0.2) is 17.7 Å². The molecule has 2 aliphatic carbocycles. The van der Waals surface area contributed by atoms with Crippen molar-refractivity contribution in [1.29, 1.82) is 0 Å². The number of fused-ring (bicyclic) bond motifs is 1. The number of sulfonamides is 1. The Morgan fingerprint density at radius 2 is 1.85 bits per heavy atom. The second-order valence-corrected chi connectivity index (χ2v) is 13.7. The van der Waals surface area contributed by atoms with Gasteiger partial charge < -0.3 is 0 Å². The number of carbonyl (C=O) groups is 2. The number of aromatic nitrogens is 3. The minimum Gasteiger partial charge on any atom is -0.299 e. The molecule has 0 amide bonds. The van der Waals surface area contributed by atoms with Crippen LogP contribution in [0, 0.1) is 17.8 Å². The first-order valence-corrected chi connectivity index (χ1v) is 16.3. The number of ketones is 1. The maximum Gasteiger partial charge on any atom is 0.335 e. The first-order valence-electron chi connectivity index (χ1n) is 14.6. The van der Waals surface area contributed by atoms with Crippen molar-refractivity contribution in [2.75, 3.05) is 19.8 Å². The normalized spacial score (nSPS) is 22.8. The highest BCUT2D eigenvalue weighted by Crippen LogP contribution is 2.31. The Morgan fingerprint density at radius 1 is 1.12 bits per heavy atom. The predicted octanol–water partition coefficient (Wildman–Crippen LogP) is 4.49. The van der Waals surface area contributed by atoms with Crippen molar-refractivity contribution >= 4 is 44.8 Å². The van der Waals surface area contributed by atoms with E-state index in [4.69, 9.17) is 0 Å². The quantitative estimate of drug-likeness (QED) is 0.296. The van der Waals surface area contributed by atoms with E-state index in [1.165, 1.54) is 13.4 Å². The third-order valence-corrected chi connectivity index (χ3v) is 10.4. The van der Waals surface area contributed by atoms with Gasteiger partial charge in [0.15, 0.2) is 5.65 Å². The van der Waals surface area contributed by atoms with Gasteiger partial charge in [0.2, 0.25) is 22.3 Å². The summed E-state index contributed by atoms with van der Waals surface area (Å²) in [5.41, 5.74) is 2.63. The molecule has 9 nitrogen and oxygen atoms in total. The lowest BCUT2D eigenvalue weighted by atomic mass is 9.83. The van der Waals surface area contributed by atoms with E-state index in [2.05, 4.69) is 20.9 Å². The lowest BCUT2D eigenvalue weighted by Gasteiger charge is -2.25. The van der Waals surface area contributed by atoms with Crippen LogP contribution in [0.25, 0.3) is 11.0 Å². The molecule has 2 atom stereocenters. The maximum atomic E-state index is 13.6. The molecule has 41 heavy (non-hydrogen) atoms. The van der Waals surface area contributed by atoms with Crippen molar-refractivity contribution in [2.24, 2.45) is 17.8 Å². The van der Waals surface area contributed by atoms with Gasteiger partial charge in [0.1, 0.15) is 11.2 Å². The Kier molecular flexibility index (Phi) is 8.79. The van der Waals surface area contributed by atoms with E-state index in [0.717, 1.165) is 67.3 Å². The van der Waals surface area contributed by atoms with Crippen LogP contribution in [0.1, 0.15) is 73.7 Å². The zero-order valence-corrected chi connectivity index (χ0v) is 24.9. The number of Topliss-reactive ketones (excluding diaryl/α,β-unsaturated/α-hetero) is 1. The summed E-state index contributed by atoms with van der Waals surface area (Å²) >= 11 is 0. The molecule has 1 aromatic carbocycles. The Balaban J connectivity index is 1.27. The van der Waals surface area contributed by atoms with Gasteiger partial charge in [-0.15, -0.1) is 0 Å². The number of nitrogens with one attached hydrogen (secondary N) is 1. The number of hydrogen-bond donors (Lipinski definition) is 1. The summed E-state index contributed by atoms with van der Waals surface area (Å²) in [4.78, 5) is 34.6. The van der Waals surface area contributed by atoms with Crippen molar-refractivity contribution < 1.29 is 22.6 Å². The smallest absolute Gasteiger partial charge is 0.299 e. The molecule has 0 spiro atoms. The van der Waals surface area contributed by atoms with Crippen molar-refractivity contribution in [2.45, 2.75) is 64.2 Å². The summed E-state index contributed by atoms with van der Waals surface area (Å²) in [6, 6.07) is 9.96. The molecule has 2 heterocycles. The summed E-state index contributed by atoms with van der Waals surface area (Å²) in [7, 11) is 0.233. The molecule has 5 rings (SSSR count). The number of carbonyl (C=O) groups excluding carboxylic acids is 2. The molecule has 0 radical (unpaired) electrons. The number of hydrogen-bond acceptors (Lipinski definition) is 6. The SMILES string of the molecule is CNS(=O)(=O)CC1CCC(/C=[N+](\C)c2ncnc3c2ccn3C(=O)C(C)c2ccc(CC3CCCC3=O)cc2)CC1. The summed E-state index contributed by atoms with van der Waals surface area (Å²) in [5, 5.41) is 0.803. The van der Waals surface area contributed by atoms with Crippen LogP contribution in [0.4, 0.5) is 5.82 Å². The summed E-state index contributed by atoms with van der Waals surface area (Å²) in [5.74, 6) is 1.51. The highest BCUT2D eigenvalue weighted by atomic mass is 32.2. The van der Waals surface area contributed by atoms with Gasteiger partial charge in [0.25, 0.3) is 0 Å². The van der Waals surface area contributed by atoms with Gasteiger partial charge in [-0.3, -0.25) is 14.2 Å². The topological polar surface area (TPSA) is 114 Å². The van der Waals surface area contributed by atoms with E-state index in [9.17, 15) is 18.0 Å². The molecule has 2 unspecified atom stereocenters. The average molecular weight is 579 g/mol. The minimum absolute atomic E-state index is 0.0650. The zero-order valence-electron chi connectivity index (χ0n) is 24.1. The fourth-order valence-electron chi connectivity index (χ4n) is 6.36. The fraction of sp³-hybridized carbons (Fsp3) is 0.516. The summed E-state index contributed by atoms with van der Waals surface area (Å²) < 4.78 is 29.9. The predicted molar refractivity (Wildman–Crippen MR) is 159 cm³/mol. The monoisotopic (exact) mass is 578 g/mol. The van der Waals surface area contributed by atoms with Crippen molar-refractivity contribution in [3.63, 3.8) is 0 Å². The standard InChI is InChI=1S/C31H40N5O4S/c1-21(25-13-11-22(12-14-25)17-26-5-4-6-28(26)37)31(38)36-16-15-27-29(33-20-34-30(27)36)35(3)18-23-7-9-24(10-8-23)19-41(39,40)32-2/h11-16,18,20-21,23-24,26,32H,4-10,17,19H2,1-3H3/q+1/b35-18+. The lowest BCUT2D eigenvalue weighted by Crippen LogP contribution is -2.29. The molecular weight excluding hydrogens is 538 g/mol. The van der Waals surface area contributed by atoms with E-state index in [1.807, 2.05) is 48.9 Å². The Hall–Kier alpha value is -3.24. The third-order valence-electron chi connectivity index (χ3n) is 8.89. The second-order valence-electron chi connectivity index (χ2n) is 11.7. The van der Waals surface area contributed by atoms with E-state index in [1.54, 1.807) is 10.8 Å². The number of rotatable bonds is 9. The van der Waals surface area contributed by atoms with E-state index >= 15 is 0 Å². The highest BCUT2D eigenvalue weighted by Gasteiger charge is 2.28. The molecule has 2 saturated carbocycles. The van der Waals surface area contributed by atoms with Crippen LogP contribution in [-0.4, -0.2) is 65.3 Å². The van der Waals surface area contributed by atoms with E-state index in [-0.39, 0.29) is 29.4 Å². The zero-order chi connectivity index (χ0) is 29.1. The molecule has 2 aliphatic rings. The van der Waals surface area contributed by atoms with E-state index < -0.39 is 10.0 Å². The van der Waals surface area contributed by atoms with Gasteiger partial charge in [0.05, 0.1) is 24.9 Å². The van der Waals surface area contributed by atoms with Crippen molar-refractivity contribution in [3.8, 4) is 0 Å². The van der Waals surface area contributed by atoms with Crippen LogP contribution in [0.5, 0.6) is 0 Å². The second kappa shape index (κ2) is 12.3. The molecular formula is C31H40N5O4S+. The highest BCUT2D eigenvalue weighted by molar-refractivity contribution is 7.89. The first-order chi connectivity index (χ1) is 19.6. The van der Waals surface area contributed by atoms with Crippen molar-refractivity contribution in [3.05, 3.63) is 54.0 Å². The van der Waals surface area contributed by atoms with E-state index in [0.29, 0.717) is 23.8 Å². The average Bonchev–Trinajstić information content (AvgIpc) is 3.59. The molecule has 2 aromatic heterocycles. The summed E-state index contributed by atoms with van der Waals surface area (Å²) in [6.45, 7) is 1.91. The lowest BCUT2D eigenvalue weighted by molar-refractivity contribution is -0.405.